The second kappa shape index (κ2) is 7.41. The van der Waals surface area contributed by atoms with Gasteiger partial charge in [-0.25, -0.2) is 14.4 Å². The van der Waals surface area contributed by atoms with Gasteiger partial charge in [0.15, 0.2) is 0 Å². The van der Waals surface area contributed by atoms with Crippen molar-refractivity contribution in [1.82, 2.24) is 9.97 Å². The number of halogens is 4. The Balaban J connectivity index is 2.07. The van der Waals surface area contributed by atoms with Gasteiger partial charge in [-0.15, -0.1) is 0 Å². The minimum Gasteiger partial charge on any atom is -0.363 e. The summed E-state index contributed by atoms with van der Waals surface area (Å²) < 4.78 is 65.9. The van der Waals surface area contributed by atoms with Crippen LogP contribution in [0.4, 0.5) is 23.4 Å². The van der Waals surface area contributed by atoms with Crippen molar-refractivity contribution in [2.75, 3.05) is 18.6 Å². The van der Waals surface area contributed by atoms with Crippen molar-refractivity contribution in [3.63, 3.8) is 0 Å². The van der Waals surface area contributed by atoms with Crippen LogP contribution in [-0.2, 0) is 10.7 Å². The molecule has 0 amide bonds. The average Bonchev–Trinajstić information content (AvgIpc) is 2.59. The lowest BCUT2D eigenvalue weighted by atomic mass is 10.0. The molecule has 1 N–H and O–H groups in total. The van der Waals surface area contributed by atoms with Crippen LogP contribution in [0.5, 0.6) is 0 Å². The van der Waals surface area contributed by atoms with Crippen molar-refractivity contribution >= 4 is 29.2 Å². The molecule has 29 heavy (non-hydrogen) atoms. The summed E-state index contributed by atoms with van der Waals surface area (Å²) in [6.07, 6.45) is -4.44. The Morgan fingerprint density at radius 1 is 1.10 bits per heavy atom. The van der Waals surface area contributed by atoms with E-state index < -0.39 is 30.7 Å². The number of nitrogens with zero attached hydrogens (tertiary/aromatic N) is 2. The molecule has 0 unspecified atom stereocenters. The van der Waals surface area contributed by atoms with E-state index >= 15 is 0 Å². The molecular weight excluding hydrogens is 405 g/mol. The molecule has 1 atom stereocenters. The minimum atomic E-state index is -4.44. The molecule has 0 radical (unpaired) electrons. The molecule has 154 valence electrons. The van der Waals surface area contributed by atoms with Gasteiger partial charge in [0.25, 0.3) is 0 Å². The SMILES string of the molecule is Cc1nc(N[C@H](C)c2cccc(C(F)(F)F)c2)c2cc(P(C)(C)=O)c(F)cc2n1. The maximum atomic E-state index is 14.4. The molecule has 3 rings (SSSR count). The van der Waals surface area contributed by atoms with E-state index in [-0.39, 0.29) is 5.30 Å². The molecule has 0 spiro atoms. The second-order valence-electron chi connectivity index (χ2n) is 7.28. The van der Waals surface area contributed by atoms with Crippen molar-refractivity contribution in [3.05, 3.63) is 59.2 Å². The lowest BCUT2D eigenvalue weighted by molar-refractivity contribution is -0.137. The van der Waals surface area contributed by atoms with Crippen LogP contribution < -0.4 is 10.6 Å². The van der Waals surface area contributed by atoms with Crippen LogP contribution in [0.3, 0.4) is 0 Å². The fraction of sp³-hybridized carbons (Fsp3) is 0.300. The number of benzene rings is 2. The van der Waals surface area contributed by atoms with Crippen molar-refractivity contribution in [1.29, 1.82) is 0 Å². The van der Waals surface area contributed by atoms with Crippen molar-refractivity contribution < 1.29 is 22.1 Å². The lowest BCUT2D eigenvalue weighted by Crippen LogP contribution is -2.14. The van der Waals surface area contributed by atoms with E-state index in [0.717, 1.165) is 12.1 Å². The summed E-state index contributed by atoms with van der Waals surface area (Å²) in [5.41, 5.74) is 0.00353. The first kappa shape index (κ1) is 21.2. The number of aromatic nitrogens is 2. The Bertz CT molecular complexity index is 1120. The minimum absolute atomic E-state index is 0.0761. The first-order valence-corrected chi connectivity index (χ1v) is 11.4. The molecule has 0 saturated heterocycles. The Labute approximate surface area is 165 Å². The summed E-state index contributed by atoms with van der Waals surface area (Å²) in [4.78, 5) is 8.55. The third kappa shape index (κ3) is 4.58. The summed E-state index contributed by atoms with van der Waals surface area (Å²) >= 11 is 0. The van der Waals surface area contributed by atoms with Crippen LogP contribution in [0.25, 0.3) is 10.9 Å². The summed E-state index contributed by atoms with van der Waals surface area (Å²) in [6, 6.07) is 7.16. The molecule has 2 aromatic carbocycles. The number of anilines is 1. The highest BCUT2D eigenvalue weighted by Gasteiger charge is 2.30. The van der Waals surface area contributed by atoms with Crippen LogP contribution in [0.1, 0.15) is 29.9 Å². The van der Waals surface area contributed by atoms with Gasteiger partial charge in [-0.2, -0.15) is 13.2 Å². The zero-order chi connectivity index (χ0) is 21.6. The van der Waals surface area contributed by atoms with Gasteiger partial charge in [-0.05, 0) is 50.9 Å². The average molecular weight is 425 g/mol. The Hall–Kier alpha value is -2.47. The van der Waals surface area contributed by atoms with E-state index in [1.807, 2.05) is 0 Å². The van der Waals surface area contributed by atoms with Crippen molar-refractivity contribution in [3.8, 4) is 0 Å². The van der Waals surface area contributed by atoms with Crippen molar-refractivity contribution in [2.45, 2.75) is 26.1 Å². The van der Waals surface area contributed by atoms with E-state index in [1.54, 1.807) is 19.9 Å². The normalized spacial score (nSPS) is 13.5. The summed E-state index contributed by atoms with van der Waals surface area (Å²) in [6.45, 7) is 6.26. The van der Waals surface area contributed by atoms with Gasteiger partial charge >= 0.3 is 6.18 Å². The molecule has 0 saturated carbocycles. The zero-order valence-corrected chi connectivity index (χ0v) is 17.2. The summed E-state index contributed by atoms with van der Waals surface area (Å²) in [7, 11) is -2.89. The Morgan fingerprint density at radius 2 is 1.79 bits per heavy atom. The molecule has 0 aliphatic heterocycles. The maximum Gasteiger partial charge on any atom is 0.416 e. The third-order valence-corrected chi connectivity index (χ3v) is 6.03. The lowest BCUT2D eigenvalue weighted by Gasteiger charge is -2.19. The van der Waals surface area contributed by atoms with Crippen LogP contribution in [0, 0.1) is 12.7 Å². The quantitative estimate of drug-likeness (QED) is 0.442. The predicted molar refractivity (Wildman–Crippen MR) is 107 cm³/mol. The summed E-state index contributed by atoms with van der Waals surface area (Å²) in [5.74, 6) is 0.104. The number of aryl methyl sites for hydroxylation is 1. The topological polar surface area (TPSA) is 54.9 Å². The fourth-order valence-electron chi connectivity index (χ4n) is 3.05. The molecule has 0 aliphatic rings. The molecule has 0 fully saturated rings. The molecular formula is C20H20F4N3OP. The van der Waals surface area contributed by atoms with E-state index in [9.17, 15) is 22.1 Å². The molecule has 4 nitrogen and oxygen atoms in total. The number of alkyl halides is 3. The van der Waals surface area contributed by atoms with Gasteiger partial charge in [0.05, 0.1) is 11.1 Å². The van der Waals surface area contributed by atoms with E-state index in [1.165, 1.54) is 31.5 Å². The zero-order valence-electron chi connectivity index (χ0n) is 16.3. The van der Waals surface area contributed by atoms with Crippen LogP contribution in [-0.4, -0.2) is 23.3 Å². The molecule has 9 heteroatoms. The molecule has 0 aliphatic carbocycles. The standard InChI is InChI=1S/C20H20F4N3OP/c1-11(13-6-5-7-14(8-13)20(22,23)24)25-19-15-9-18(29(3,4)28)16(21)10-17(15)26-12(2)27-19/h5-11H,1-4H3,(H,25,26,27)/t11-/m1/s1. The highest BCUT2D eigenvalue weighted by atomic mass is 31.2. The third-order valence-electron chi connectivity index (χ3n) is 4.52. The molecule has 1 aromatic heterocycles. The number of fused-ring (bicyclic) bond motifs is 1. The number of hydrogen-bond acceptors (Lipinski definition) is 4. The van der Waals surface area contributed by atoms with Crippen molar-refractivity contribution in [2.24, 2.45) is 0 Å². The molecule has 1 heterocycles. The van der Waals surface area contributed by atoms with Gasteiger partial charge in [-0.1, -0.05) is 12.1 Å². The van der Waals surface area contributed by atoms with E-state index in [4.69, 9.17) is 0 Å². The van der Waals surface area contributed by atoms with Gasteiger partial charge < -0.3 is 9.88 Å². The second-order valence-corrected chi connectivity index (χ2v) is 10.5. The van der Waals surface area contributed by atoms with Crippen LogP contribution in [0.2, 0.25) is 0 Å². The first-order valence-electron chi connectivity index (χ1n) is 8.83. The largest absolute Gasteiger partial charge is 0.416 e. The Kier molecular flexibility index (Phi) is 5.43. The predicted octanol–water partition coefficient (Wildman–Crippen LogP) is 5.52. The van der Waals surface area contributed by atoms with E-state index in [0.29, 0.717) is 28.1 Å². The Morgan fingerprint density at radius 3 is 2.41 bits per heavy atom. The van der Waals surface area contributed by atoms with E-state index in [2.05, 4.69) is 15.3 Å². The van der Waals surface area contributed by atoms with Crippen LogP contribution in [0.15, 0.2) is 36.4 Å². The smallest absolute Gasteiger partial charge is 0.363 e. The number of hydrogen-bond donors (Lipinski definition) is 1. The maximum absolute atomic E-state index is 14.4. The molecule has 3 aromatic rings. The first-order chi connectivity index (χ1) is 13.4. The monoisotopic (exact) mass is 425 g/mol. The number of rotatable bonds is 4. The van der Waals surface area contributed by atoms with Gasteiger partial charge in [-0.3, -0.25) is 0 Å². The highest BCUT2D eigenvalue weighted by Crippen LogP contribution is 2.38. The highest BCUT2D eigenvalue weighted by molar-refractivity contribution is 7.70. The van der Waals surface area contributed by atoms with Gasteiger partial charge in [0.1, 0.15) is 24.6 Å². The summed E-state index contributed by atoms with van der Waals surface area (Å²) in [5, 5.41) is 3.62. The van der Waals surface area contributed by atoms with Crippen LogP contribution >= 0.6 is 7.14 Å². The van der Waals surface area contributed by atoms with Gasteiger partial charge in [0, 0.05) is 22.8 Å². The fourth-order valence-corrected chi connectivity index (χ4v) is 4.07. The van der Waals surface area contributed by atoms with Gasteiger partial charge in [0.2, 0.25) is 0 Å². The molecule has 0 bridgehead atoms. The number of nitrogens with one attached hydrogen (secondary N) is 1.